The second-order valence-electron chi connectivity index (χ2n) is 5.83. The van der Waals surface area contributed by atoms with Crippen LogP contribution in [-0.4, -0.2) is 20.5 Å². The molecular weight excluding hydrogens is 289 g/mol. The molecule has 2 atom stereocenters. The smallest absolute Gasteiger partial charge is 0.168 e. The summed E-state index contributed by atoms with van der Waals surface area (Å²) in [4.78, 5) is 12.6. The number of carbonyl (C=O) groups excluding carboxylic acids is 1. The van der Waals surface area contributed by atoms with Gasteiger partial charge in [-0.05, 0) is 43.4 Å². The molecule has 0 radical (unpaired) electrons. The standard InChI is InChI=1S/C16H16FNO2S/c17-15-4-1-10(5-6-18)7-14(15)16(19)11-8-12-2-3-13(9-11)21(12)20/h1,4,7,11-13H,2-3,5,8-9H2. The van der Waals surface area contributed by atoms with Crippen LogP contribution in [0.3, 0.4) is 0 Å². The number of ketones is 1. The number of fused-ring (bicyclic) bond motifs is 2. The van der Waals surface area contributed by atoms with Crippen molar-refractivity contribution in [1.29, 1.82) is 5.26 Å². The molecule has 0 aliphatic carbocycles. The van der Waals surface area contributed by atoms with E-state index < -0.39 is 16.6 Å². The lowest BCUT2D eigenvalue weighted by Crippen LogP contribution is -2.32. The molecule has 0 aromatic heterocycles. The van der Waals surface area contributed by atoms with Crippen LogP contribution < -0.4 is 0 Å². The van der Waals surface area contributed by atoms with E-state index in [1.165, 1.54) is 18.2 Å². The highest BCUT2D eigenvalue weighted by Gasteiger charge is 2.43. The molecule has 2 aliphatic rings. The fraction of sp³-hybridized carbons (Fsp3) is 0.500. The second-order valence-corrected chi connectivity index (χ2v) is 7.82. The zero-order valence-electron chi connectivity index (χ0n) is 11.5. The van der Waals surface area contributed by atoms with Crippen LogP contribution in [0, 0.1) is 23.1 Å². The molecule has 0 amide bonds. The van der Waals surface area contributed by atoms with E-state index in [1.54, 1.807) is 0 Å². The number of nitriles is 1. The van der Waals surface area contributed by atoms with E-state index >= 15 is 0 Å². The molecule has 0 saturated carbocycles. The van der Waals surface area contributed by atoms with Crippen molar-refractivity contribution in [3.05, 3.63) is 35.1 Å². The van der Waals surface area contributed by atoms with Crippen LogP contribution in [0.4, 0.5) is 4.39 Å². The Balaban J connectivity index is 1.84. The molecule has 0 N–H and O–H groups in total. The molecule has 2 saturated heterocycles. The Morgan fingerprint density at radius 3 is 2.62 bits per heavy atom. The van der Waals surface area contributed by atoms with E-state index in [2.05, 4.69) is 0 Å². The monoisotopic (exact) mass is 305 g/mol. The van der Waals surface area contributed by atoms with Crippen molar-refractivity contribution < 1.29 is 13.4 Å². The first-order chi connectivity index (χ1) is 10.1. The second kappa shape index (κ2) is 5.69. The minimum Gasteiger partial charge on any atom is -0.294 e. The fourth-order valence-corrected chi connectivity index (χ4v) is 5.55. The average molecular weight is 305 g/mol. The van der Waals surface area contributed by atoms with Gasteiger partial charge in [-0.15, -0.1) is 0 Å². The van der Waals surface area contributed by atoms with Crippen molar-refractivity contribution >= 4 is 16.6 Å². The molecule has 5 heteroatoms. The van der Waals surface area contributed by atoms with E-state index in [0.29, 0.717) is 18.4 Å². The number of nitrogens with zero attached hydrogens (tertiary/aromatic N) is 1. The van der Waals surface area contributed by atoms with Crippen molar-refractivity contribution in [2.24, 2.45) is 5.92 Å². The van der Waals surface area contributed by atoms with Crippen molar-refractivity contribution in [2.45, 2.75) is 42.6 Å². The highest BCUT2D eigenvalue weighted by molar-refractivity contribution is 7.86. The largest absolute Gasteiger partial charge is 0.294 e. The molecule has 2 aliphatic heterocycles. The molecule has 1 aromatic carbocycles. The summed E-state index contributed by atoms with van der Waals surface area (Å²) in [6, 6.07) is 6.30. The predicted molar refractivity (Wildman–Crippen MR) is 77.7 cm³/mol. The molecule has 21 heavy (non-hydrogen) atoms. The van der Waals surface area contributed by atoms with Gasteiger partial charge in [-0.2, -0.15) is 5.26 Å². The van der Waals surface area contributed by atoms with Crippen molar-refractivity contribution in [3.8, 4) is 6.07 Å². The molecule has 2 unspecified atom stereocenters. The molecule has 3 nitrogen and oxygen atoms in total. The van der Waals surface area contributed by atoms with Gasteiger partial charge in [0.05, 0.1) is 18.1 Å². The van der Waals surface area contributed by atoms with Crippen LogP contribution in [0.1, 0.15) is 41.6 Å². The number of Topliss-reactive ketones (excluding diaryl/α,β-unsaturated/α-hetero) is 1. The topological polar surface area (TPSA) is 57.9 Å². The zero-order chi connectivity index (χ0) is 15.0. The van der Waals surface area contributed by atoms with Gasteiger partial charge in [0, 0.05) is 27.2 Å². The van der Waals surface area contributed by atoms with Crippen molar-refractivity contribution in [1.82, 2.24) is 0 Å². The first-order valence-corrected chi connectivity index (χ1v) is 8.46. The zero-order valence-corrected chi connectivity index (χ0v) is 12.4. The lowest BCUT2D eigenvalue weighted by Gasteiger charge is -2.26. The van der Waals surface area contributed by atoms with Crippen molar-refractivity contribution in [2.75, 3.05) is 0 Å². The van der Waals surface area contributed by atoms with E-state index in [1.807, 2.05) is 6.07 Å². The van der Waals surface area contributed by atoms with E-state index in [4.69, 9.17) is 5.26 Å². The number of halogens is 1. The molecule has 3 rings (SSSR count). The molecule has 2 fully saturated rings. The van der Waals surface area contributed by atoms with Gasteiger partial charge in [-0.1, -0.05) is 6.07 Å². The van der Waals surface area contributed by atoms with Gasteiger partial charge in [0.2, 0.25) is 0 Å². The van der Waals surface area contributed by atoms with Gasteiger partial charge in [0.15, 0.2) is 5.78 Å². The average Bonchev–Trinajstić information content (AvgIpc) is 2.70. The van der Waals surface area contributed by atoms with Crippen LogP contribution in [0.25, 0.3) is 0 Å². The van der Waals surface area contributed by atoms with Crippen LogP contribution in [0.5, 0.6) is 0 Å². The maximum Gasteiger partial charge on any atom is 0.168 e. The maximum atomic E-state index is 13.9. The molecule has 110 valence electrons. The summed E-state index contributed by atoms with van der Waals surface area (Å²) in [5, 5.41) is 8.91. The Labute approximate surface area is 125 Å². The summed E-state index contributed by atoms with van der Waals surface area (Å²) in [6.45, 7) is 0. The highest BCUT2D eigenvalue weighted by Crippen LogP contribution is 2.40. The van der Waals surface area contributed by atoms with Crippen LogP contribution in [-0.2, 0) is 17.2 Å². The minimum atomic E-state index is -0.814. The van der Waals surface area contributed by atoms with Crippen molar-refractivity contribution in [3.63, 3.8) is 0 Å². The van der Waals surface area contributed by atoms with Gasteiger partial charge in [0.25, 0.3) is 0 Å². The quantitative estimate of drug-likeness (QED) is 0.807. The number of hydrogen-bond acceptors (Lipinski definition) is 3. The summed E-state index contributed by atoms with van der Waals surface area (Å²) >= 11 is 0. The predicted octanol–water partition coefficient (Wildman–Crippen LogP) is 2.76. The summed E-state index contributed by atoms with van der Waals surface area (Å²) < 4.78 is 25.9. The summed E-state index contributed by atoms with van der Waals surface area (Å²) in [5.41, 5.74) is 0.740. The third-order valence-corrected chi connectivity index (χ3v) is 6.68. The molecular formula is C16H16FNO2S. The molecule has 1 aromatic rings. The third-order valence-electron chi connectivity index (χ3n) is 4.51. The molecule has 2 heterocycles. The fourth-order valence-electron chi connectivity index (χ4n) is 3.43. The van der Waals surface area contributed by atoms with Gasteiger partial charge in [-0.25, -0.2) is 4.39 Å². The van der Waals surface area contributed by atoms with Crippen LogP contribution in [0.15, 0.2) is 18.2 Å². The Hall–Kier alpha value is -1.54. The molecule has 0 spiro atoms. The first-order valence-electron chi connectivity index (χ1n) is 7.19. The van der Waals surface area contributed by atoms with Crippen LogP contribution in [0.2, 0.25) is 0 Å². The van der Waals surface area contributed by atoms with Gasteiger partial charge >= 0.3 is 0 Å². The summed E-state index contributed by atoms with van der Waals surface area (Å²) in [7, 11) is -0.814. The van der Waals surface area contributed by atoms with Gasteiger partial charge in [0.1, 0.15) is 5.82 Å². The first kappa shape index (κ1) is 14.4. The number of benzene rings is 1. The SMILES string of the molecule is N#CCc1ccc(F)c(C(=O)C2CC3CCC(C2)S3=O)c1. The van der Waals surface area contributed by atoms with E-state index in [9.17, 15) is 13.4 Å². The normalized spacial score (nSPS) is 30.9. The van der Waals surface area contributed by atoms with Gasteiger partial charge in [-0.3, -0.25) is 9.00 Å². The van der Waals surface area contributed by atoms with Gasteiger partial charge < -0.3 is 0 Å². The highest BCUT2D eigenvalue weighted by atomic mass is 32.2. The summed E-state index contributed by atoms with van der Waals surface area (Å²) in [6.07, 6.45) is 3.20. The van der Waals surface area contributed by atoms with E-state index in [-0.39, 0.29) is 34.2 Å². The lowest BCUT2D eigenvalue weighted by molar-refractivity contribution is 0.0902. The molecule has 2 bridgehead atoms. The number of hydrogen-bond donors (Lipinski definition) is 0. The Kier molecular flexibility index (Phi) is 3.90. The maximum absolute atomic E-state index is 13.9. The summed E-state index contributed by atoms with van der Waals surface area (Å²) in [5.74, 6) is -0.950. The Bertz CT molecular complexity index is 636. The van der Waals surface area contributed by atoms with Crippen LogP contribution >= 0.6 is 0 Å². The minimum absolute atomic E-state index is 0.0832. The lowest BCUT2D eigenvalue weighted by atomic mass is 9.89. The van der Waals surface area contributed by atoms with E-state index in [0.717, 1.165) is 12.8 Å². The number of carbonyl (C=O) groups is 1. The third kappa shape index (κ3) is 2.65. The number of rotatable bonds is 3. The Morgan fingerprint density at radius 1 is 1.33 bits per heavy atom. The Morgan fingerprint density at radius 2 is 2.00 bits per heavy atom.